The van der Waals surface area contributed by atoms with Gasteiger partial charge in [0.15, 0.2) is 5.69 Å². The second kappa shape index (κ2) is 33.2. The summed E-state index contributed by atoms with van der Waals surface area (Å²) in [5.41, 5.74) is 19.2. The van der Waals surface area contributed by atoms with Crippen LogP contribution in [0.4, 0.5) is 22.7 Å². The van der Waals surface area contributed by atoms with Gasteiger partial charge in [-0.25, -0.2) is 0 Å². The van der Waals surface area contributed by atoms with Gasteiger partial charge in [0.05, 0.1) is 82.0 Å². The molecule has 0 aliphatic rings. The van der Waals surface area contributed by atoms with E-state index in [9.17, 15) is 19.2 Å². The van der Waals surface area contributed by atoms with Gasteiger partial charge < -0.3 is 53.4 Å². The summed E-state index contributed by atoms with van der Waals surface area (Å²) in [7, 11) is 3.14. The number of nitrogens with zero attached hydrogens (tertiary/aromatic N) is 6. The number of nitrogens with one attached hydrogen (secondary N) is 4. The normalized spacial score (nSPS) is 10.8. The minimum absolute atomic E-state index is 0.161. The first kappa shape index (κ1) is 71.1. The van der Waals surface area contributed by atoms with Crippen LogP contribution in [0.2, 0.25) is 0 Å². The topological polar surface area (TPSA) is 194 Å². The molecule has 0 saturated heterocycles. The van der Waals surface area contributed by atoms with Crippen molar-refractivity contribution in [3.63, 3.8) is 0 Å². The first-order valence-electron chi connectivity index (χ1n) is 34.5. The summed E-state index contributed by atoms with van der Waals surface area (Å²) in [5.74, 6) is 0.370. The number of aryl methyl sites for hydroxylation is 4. The molecule has 18 heteroatoms. The van der Waals surface area contributed by atoms with E-state index in [1.54, 1.807) is 56.1 Å². The number of hydrogen-bond donors (Lipinski definition) is 4. The summed E-state index contributed by atoms with van der Waals surface area (Å²) < 4.78 is 24.2. The van der Waals surface area contributed by atoms with Crippen LogP contribution in [0.3, 0.4) is 0 Å². The first-order chi connectivity index (χ1) is 51.7. The summed E-state index contributed by atoms with van der Waals surface area (Å²) in [5, 5.41) is 27.3. The number of rotatable bonds is 18. The Bertz CT molecular complexity index is 5720. The Morgan fingerprint density at radius 2 is 0.802 bits per heavy atom. The molecule has 0 bridgehead atoms. The number of carbonyl (C=O) groups excluding carboxylic acids is 4. The van der Waals surface area contributed by atoms with Crippen molar-refractivity contribution in [1.82, 2.24) is 28.5 Å². The number of methoxy groups -OCH3 is 2. The standard InChI is InChI=1S/C24H22N2O2.C22H20N2O2S.C21H18N4O.C21H18N2O2/c1-17-11-13-18(14-12-17)15-26-16-21(19-7-3-5-9-22(19)26)25-24(27)20-8-4-6-10-23(20)28-2;1-15-7-9-16(10-8-15)11-24-12-19(17-5-3-4-6-20(17)24)23-22(25)18-13-27-14-21(18)26-2;1-15-8-10-16(11-9-15)13-25-14-19(17-5-2-3-7-20(17)25)23-21(26)18-6-4-12-22-24-18;1-15-5-4-6-16(11-15)12-23-13-19(18-7-2-3-8-20(18)23)22-21(24)17-9-10-25-14-17/h3-14,16H,15H2,1-2H3,(H,25,27);3-10,12-14H,11H2,1-2H3,(H,23,25);2-12,14H,13H2,1H3,(H,23,26);2-11,13-14H,12H2,1H3,(H,22,24). The molecule has 7 heterocycles. The predicted octanol–water partition coefficient (Wildman–Crippen LogP) is 19.5. The number of ether oxygens (including phenoxy) is 2. The highest BCUT2D eigenvalue weighted by atomic mass is 32.1. The van der Waals surface area contributed by atoms with E-state index < -0.39 is 0 Å². The number of benzene rings is 9. The van der Waals surface area contributed by atoms with Crippen molar-refractivity contribution in [1.29, 1.82) is 0 Å². The molecule has 0 atom stereocenters. The van der Waals surface area contributed by atoms with E-state index in [-0.39, 0.29) is 23.6 Å². The van der Waals surface area contributed by atoms with Gasteiger partial charge in [0, 0.05) is 89.5 Å². The highest BCUT2D eigenvalue weighted by Crippen LogP contribution is 2.33. The van der Waals surface area contributed by atoms with E-state index in [0.29, 0.717) is 33.9 Å². The van der Waals surface area contributed by atoms with Crippen LogP contribution in [-0.4, -0.2) is 66.3 Å². The number of thiophene rings is 1. The van der Waals surface area contributed by atoms with Crippen LogP contribution >= 0.6 is 11.3 Å². The molecule has 0 saturated carbocycles. The molecule has 0 fully saturated rings. The Hall–Kier alpha value is -13.3. The fourth-order valence-corrected chi connectivity index (χ4v) is 13.4. The van der Waals surface area contributed by atoms with Crippen molar-refractivity contribution in [3.05, 3.63) is 358 Å². The maximum absolute atomic E-state index is 12.8. The van der Waals surface area contributed by atoms with E-state index in [2.05, 4.69) is 199 Å². The molecule has 0 aliphatic heterocycles. The van der Waals surface area contributed by atoms with Gasteiger partial charge in [-0.1, -0.05) is 204 Å². The molecule has 4 amide bonds. The second-order valence-corrected chi connectivity index (χ2v) is 26.4. The van der Waals surface area contributed by atoms with Crippen LogP contribution in [-0.2, 0) is 26.2 Å². The number of para-hydroxylation sites is 5. The lowest BCUT2D eigenvalue weighted by Gasteiger charge is -2.08. The third-order valence-electron chi connectivity index (χ3n) is 18.0. The smallest absolute Gasteiger partial charge is 0.276 e. The van der Waals surface area contributed by atoms with Crippen LogP contribution in [0, 0.1) is 27.7 Å². The number of hydrogen-bond acceptors (Lipinski definition) is 10. The van der Waals surface area contributed by atoms with Gasteiger partial charge in [-0.2, -0.15) is 5.10 Å². The lowest BCUT2D eigenvalue weighted by molar-refractivity contribution is 0.101. The monoisotopic (exact) mass is 1420 g/mol. The molecule has 16 rings (SSSR count). The zero-order chi connectivity index (χ0) is 73.5. The molecule has 0 aliphatic carbocycles. The highest BCUT2D eigenvalue weighted by Gasteiger charge is 2.20. The van der Waals surface area contributed by atoms with Crippen LogP contribution in [0.5, 0.6) is 11.5 Å². The Morgan fingerprint density at radius 3 is 1.23 bits per heavy atom. The van der Waals surface area contributed by atoms with Gasteiger partial charge in [-0.15, -0.1) is 16.4 Å². The van der Waals surface area contributed by atoms with Gasteiger partial charge in [0.25, 0.3) is 23.6 Å². The van der Waals surface area contributed by atoms with Gasteiger partial charge in [0.2, 0.25) is 0 Å². The van der Waals surface area contributed by atoms with Crippen LogP contribution in [0.25, 0.3) is 43.6 Å². The zero-order valence-electron chi connectivity index (χ0n) is 59.5. The quantitative estimate of drug-likeness (QED) is 0.0647. The van der Waals surface area contributed by atoms with Crippen molar-refractivity contribution >= 4 is 101 Å². The molecule has 0 unspecified atom stereocenters. The molecule has 0 spiro atoms. The van der Waals surface area contributed by atoms with Gasteiger partial charge in [-0.05, 0) is 105 Å². The molecule has 0 radical (unpaired) electrons. The minimum atomic E-state index is -0.267. The summed E-state index contributed by atoms with van der Waals surface area (Å²) in [4.78, 5) is 50.3. The summed E-state index contributed by atoms with van der Waals surface area (Å²) in [6.07, 6.45) is 12.4. The lowest BCUT2D eigenvalue weighted by Crippen LogP contribution is -2.13. The Morgan fingerprint density at radius 1 is 0.387 bits per heavy atom. The largest absolute Gasteiger partial charge is 0.496 e. The van der Waals surface area contributed by atoms with Crippen LogP contribution in [0.1, 0.15) is 86.1 Å². The molecule has 17 nitrogen and oxygen atoms in total. The summed E-state index contributed by atoms with van der Waals surface area (Å²) in [6.45, 7) is 11.3. The predicted molar refractivity (Wildman–Crippen MR) is 425 cm³/mol. The maximum atomic E-state index is 12.8. The lowest BCUT2D eigenvalue weighted by atomic mass is 10.1. The van der Waals surface area contributed by atoms with Gasteiger partial charge in [-0.3, -0.25) is 19.2 Å². The van der Waals surface area contributed by atoms with Crippen molar-refractivity contribution in [3.8, 4) is 11.5 Å². The maximum Gasteiger partial charge on any atom is 0.276 e. The fraction of sp³-hybridized carbons (Fsp3) is 0.114. The van der Waals surface area contributed by atoms with E-state index in [4.69, 9.17) is 13.9 Å². The fourth-order valence-electron chi connectivity index (χ4n) is 12.6. The van der Waals surface area contributed by atoms with E-state index in [0.717, 1.165) is 92.5 Å². The van der Waals surface area contributed by atoms with Crippen LogP contribution < -0.4 is 30.7 Å². The average molecular weight is 1420 g/mol. The van der Waals surface area contributed by atoms with Crippen molar-refractivity contribution in [2.75, 3.05) is 35.5 Å². The zero-order valence-corrected chi connectivity index (χ0v) is 60.3. The number of amides is 4. The first-order valence-corrected chi connectivity index (χ1v) is 35.5. The molecule has 528 valence electrons. The molecule has 106 heavy (non-hydrogen) atoms. The second-order valence-electron chi connectivity index (χ2n) is 25.7. The molecular weight excluding hydrogens is 1340 g/mol. The molecular formula is C88H78N10O7S. The van der Waals surface area contributed by atoms with Crippen molar-refractivity contribution in [2.24, 2.45) is 0 Å². The number of furan rings is 1. The molecule has 7 aromatic heterocycles. The number of carbonyl (C=O) groups is 4. The number of anilines is 4. The van der Waals surface area contributed by atoms with Gasteiger partial charge in [0.1, 0.15) is 17.8 Å². The number of aromatic nitrogens is 6. The third kappa shape index (κ3) is 17.1. The molecule has 4 N–H and O–H groups in total. The Labute approximate surface area is 618 Å². The Balaban J connectivity index is 0.000000125. The van der Waals surface area contributed by atoms with Crippen molar-refractivity contribution < 1.29 is 33.1 Å². The van der Waals surface area contributed by atoms with Crippen LogP contribution in [0.15, 0.2) is 295 Å². The molecule has 9 aromatic carbocycles. The summed E-state index contributed by atoms with van der Waals surface area (Å²) in [6, 6.07) is 78.5. The minimum Gasteiger partial charge on any atom is -0.496 e. The van der Waals surface area contributed by atoms with E-state index in [1.807, 2.05) is 115 Å². The van der Waals surface area contributed by atoms with E-state index in [1.165, 1.54) is 68.4 Å². The SMILES string of the molecule is COc1ccccc1C(=O)Nc1cn(Cc2ccc(C)cc2)c2ccccc12.COc1cscc1C(=O)Nc1cn(Cc2ccc(C)cc2)c2ccccc12.Cc1ccc(Cn2cc(NC(=O)c3cccnn3)c3ccccc32)cc1.Cc1cccc(Cn2cc(NC(=O)c3ccoc3)c3ccccc32)c1. The average Bonchev–Trinajstić information content (AvgIpc) is 1.67. The van der Waals surface area contributed by atoms with E-state index >= 15 is 0 Å². The summed E-state index contributed by atoms with van der Waals surface area (Å²) >= 11 is 1.45. The molecule has 16 aromatic rings. The Kier molecular flexibility index (Phi) is 22.3. The van der Waals surface area contributed by atoms with Gasteiger partial charge >= 0.3 is 0 Å². The van der Waals surface area contributed by atoms with Crippen molar-refractivity contribution in [2.45, 2.75) is 53.9 Å². The highest BCUT2D eigenvalue weighted by molar-refractivity contribution is 7.08. The number of fused-ring (bicyclic) bond motifs is 4. The third-order valence-corrected chi connectivity index (χ3v) is 18.8.